The van der Waals surface area contributed by atoms with Crippen molar-refractivity contribution in [2.45, 2.75) is 6.92 Å². The minimum absolute atomic E-state index is 0.328. The Labute approximate surface area is 74.7 Å². The van der Waals surface area contributed by atoms with E-state index in [1.54, 1.807) is 18.5 Å². The summed E-state index contributed by atoms with van der Waals surface area (Å²) in [6.07, 6.45) is 3.01. The molecule has 0 fully saturated rings. The van der Waals surface area contributed by atoms with E-state index in [1.165, 1.54) is 17.4 Å². The topological polar surface area (TPSA) is 39.2 Å². The Morgan fingerprint density at radius 3 is 3.25 bits per heavy atom. The summed E-state index contributed by atoms with van der Waals surface area (Å²) in [5.74, 6) is -0.328. The minimum Gasteiger partial charge on any atom is -0.463 e. The van der Waals surface area contributed by atoms with Gasteiger partial charge in [-0.15, -0.1) is 11.3 Å². The van der Waals surface area contributed by atoms with E-state index >= 15 is 0 Å². The Balaban J connectivity index is 2.45. The molecule has 0 bridgehead atoms. The predicted octanol–water partition coefficient (Wildman–Crippen LogP) is 1.72. The lowest BCUT2D eigenvalue weighted by atomic mass is 10.4. The van der Waals surface area contributed by atoms with Crippen LogP contribution >= 0.6 is 11.3 Å². The van der Waals surface area contributed by atoms with Crippen LogP contribution in [0.5, 0.6) is 0 Å². The molecule has 0 unspecified atom stereocenters. The van der Waals surface area contributed by atoms with Crippen molar-refractivity contribution in [2.75, 3.05) is 6.61 Å². The molecule has 0 saturated heterocycles. The maximum atomic E-state index is 10.8. The standard InChI is InChI=1S/C8H9NO2S/c1-2-11-8(10)4-3-7-5-12-6-9-7/h3-6H,2H2,1H3. The van der Waals surface area contributed by atoms with Gasteiger partial charge in [0.25, 0.3) is 0 Å². The van der Waals surface area contributed by atoms with Crippen LogP contribution < -0.4 is 0 Å². The Kier molecular flexibility index (Phi) is 3.47. The Hall–Kier alpha value is -1.16. The molecule has 64 valence electrons. The number of nitrogens with zero attached hydrogens (tertiary/aromatic N) is 1. The molecular weight excluding hydrogens is 174 g/mol. The van der Waals surface area contributed by atoms with Crippen LogP contribution in [-0.4, -0.2) is 17.6 Å². The number of carbonyl (C=O) groups is 1. The lowest BCUT2D eigenvalue weighted by molar-refractivity contribution is -0.137. The summed E-state index contributed by atoms with van der Waals surface area (Å²) in [6.45, 7) is 2.18. The minimum atomic E-state index is -0.328. The molecule has 1 aromatic heterocycles. The van der Waals surface area contributed by atoms with Crippen LogP contribution in [0.25, 0.3) is 6.08 Å². The summed E-state index contributed by atoms with van der Waals surface area (Å²) >= 11 is 1.49. The number of hydrogen-bond acceptors (Lipinski definition) is 4. The zero-order valence-corrected chi connectivity index (χ0v) is 7.50. The zero-order valence-electron chi connectivity index (χ0n) is 6.69. The third-order valence-corrected chi connectivity index (χ3v) is 1.73. The van der Waals surface area contributed by atoms with E-state index in [2.05, 4.69) is 4.98 Å². The molecule has 1 aromatic rings. The fraction of sp³-hybridized carbons (Fsp3) is 0.250. The van der Waals surface area contributed by atoms with Crippen molar-refractivity contribution in [3.8, 4) is 0 Å². The molecule has 0 aromatic carbocycles. The molecule has 4 heteroatoms. The van der Waals surface area contributed by atoms with E-state index in [9.17, 15) is 4.79 Å². The fourth-order valence-electron chi connectivity index (χ4n) is 0.648. The number of rotatable bonds is 3. The van der Waals surface area contributed by atoms with E-state index in [1.807, 2.05) is 5.38 Å². The van der Waals surface area contributed by atoms with Crippen molar-refractivity contribution < 1.29 is 9.53 Å². The van der Waals surface area contributed by atoms with Crippen molar-refractivity contribution in [1.82, 2.24) is 4.98 Å². The number of hydrogen-bond donors (Lipinski definition) is 0. The first kappa shape index (κ1) is 8.93. The monoisotopic (exact) mass is 183 g/mol. The lowest BCUT2D eigenvalue weighted by Gasteiger charge is -1.92. The highest BCUT2D eigenvalue weighted by Crippen LogP contribution is 2.02. The molecule has 0 amide bonds. The number of thiazole rings is 1. The van der Waals surface area contributed by atoms with Gasteiger partial charge >= 0.3 is 5.97 Å². The highest BCUT2D eigenvalue weighted by atomic mass is 32.1. The molecule has 0 saturated carbocycles. The maximum absolute atomic E-state index is 10.8. The second-order valence-electron chi connectivity index (χ2n) is 2.00. The van der Waals surface area contributed by atoms with Crippen molar-refractivity contribution in [3.05, 3.63) is 22.7 Å². The first-order chi connectivity index (χ1) is 5.83. The van der Waals surface area contributed by atoms with Crippen molar-refractivity contribution in [3.63, 3.8) is 0 Å². The molecule has 1 rings (SSSR count). The van der Waals surface area contributed by atoms with Gasteiger partial charge in [-0.25, -0.2) is 9.78 Å². The van der Waals surface area contributed by atoms with Gasteiger partial charge in [-0.3, -0.25) is 0 Å². The molecule has 0 N–H and O–H groups in total. The van der Waals surface area contributed by atoms with Gasteiger partial charge in [-0.2, -0.15) is 0 Å². The maximum Gasteiger partial charge on any atom is 0.330 e. The van der Waals surface area contributed by atoms with Gasteiger partial charge in [0.1, 0.15) is 0 Å². The normalized spacial score (nSPS) is 10.4. The van der Waals surface area contributed by atoms with Gasteiger partial charge in [-0.1, -0.05) is 0 Å². The number of esters is 1. The molecule has 0 atom stereocenters. The Morgan fingerprint density at radius 2 is 2.67 bits per heavy atom. The lowest BCUT2D eigenvalue weighted by Crippen LogP contribution is -1.98. The van der Waals surface area contributed by atoms with Gasteiger partial charge in [0, 0.05) is 11.5 Å². The first-order valence-electron chi connectivity index (χ1n) is 3.56. The fourth-order valence-corrected chi connectivity index (χ4v) is 1.17. The highest BCUT2D eigenvalue weighted by molar-refractivity contribution is 7.07. The van der Waals surface area contributed by atoms with Crippen LogP contribution in [0.3, 0.4) is 0 Å². The van der Waals surface area contributed by atoms with E-state index < -0.39 is 0 Å². The number of ether oxygens (including phenoxy) is 1. The van der Waals surface area contributed by atoms with Crippen LogP contribution in [0, 0.1) is 0 Å². The second kappa shape index (κ2) is 4.66. The summed E-state index contributed by atoms with van der Waals surface area (Å²) in [4.78, 5) is 14.8. The highest BCUT2D eigenvalue weighted by Gasteiger charge is 1.93. The Bertz CT molecular complexity index is 267. The largest absolute Gasteiger partial charge is 0.463 e. The van der Waals surface area contributed by atoms with Gasteiger partial charge < -0.3 is 4.74 Å². The molecule has 1 heterocycles. The third kappa shape index (κ3) is 2.84. The van der Waals surface area contributed by atoms with Crippen LogP contribution in [0.15, 0.2) is 17.0 Å². The van der Waals surface area contributed by atoms with Crippen LogP contribution in [0.2, 0.25) is 0 Å². The summed E-state index contributed by atoms with van der Waals surface area (Å²) in [6, 6.07) is 0. The smallest absolute Gasteiger partial charge is 0.330 e. The molecule has 0 spiro atoms. The Morgan fingerprint density at radius 1 is 1.83 bits per heavy atom. The molecule has 0 aliphatic heterocycles. The third-order valence-electron chi connectivity index (χ3n) is 1.13. The van der Waals surface area contributed by atoms with Gasteiger partial charge in [0.2, 0.25) is 0 Å². The van der Waals surface area contributed by atoms with E-state index in [-0.39, 0.29) is 5.97 Å². The van der Waals surface area contributed by atoms with E-state index in [4.69, 9.17) is 4.74 Å². The average Bonchev–Trinajstić information content (AvgIpc) is 2.53. The second-order valence-corrected chi connectivity index (χ2v) is 2.72. The van der Waals surface area contributed by atoms with Gasteiger partial charge in [-0.05, 0) is 13.0 Å². The average molecular weight is 183 g/mol. The van der Waals surface area contributed by atoms with Crippen LogP contribution in [-0.2, 0) is 9.53 Å². The summed E-state index contributed by atoms with van der Waals surface area (Å²) in [5.41, 5.74) is 2.50. The molecule has 0 aliphatic rings. The van der Waals surface area contributed by atoms with E-state index in [0.717, 1.165) is 5.69 Å². The first-order valence-corrected chi connectivity index (χ1v) is 4.50. The molecule has 0 aliphatic carbocycles. The zero-order chi connectivity index (χ0) is 8.81. The molecular formula is C8H9NO2S. The van der Waals surface area contributed by atoms with Gasteiger partial charge in [0.15, 0.2) is 0 Å². The quantitative estimate of drug-likeness (QED) is 0.529. The predicted molar refractivity (Wildman–Crippen MR) is 47.8 cm³/mol. The van der Waals surface area contributed by atoms with Crippen LogP contribution in [0.4, 0.5) is 0 Å². The molecule has 12 heavy (non-hydrogen) atoms. The summed E-state index contributed by atoms with van der Waals surface area (Å²) in [5, 5.41) is 1.86. The molecule has 0 radical (unpaired) electrons. The number of carbonyl (C=O) groups excluding carboxylic acids is 1. The number of aromatic nitrogens is 1. The van der Waals surface area contributed by atoms with Crippen molar-refractivity contribution in [1.29, 1.82) is 0 Å². The SMILES string of the molecule is CCOC(=O)C=Cc1cscn1. The van der Waals surface area contributed by atoms with Crippen LogP contribution in [0.1, 0.15) is 12.6 Å². The summed E-state index contributed by atoms with van der Waals surface area (Å²) in [7, 11) is 0. The van der Waals surface area contributed by atoms with Crippen molar-refractivity contribution >= 4 is 23.4 Å². The molecule has 3 nitrogen and oxygen atoms in total. The van der Waals surface area contributed by atoms with Gasteiger partial charge in [0.05, 0.1) is 17.8 Å². The van der Waals surface area contributed by atoms with Crippen molar-refractivity contribution in [2.24, 2.45) is 0 Å². The summed E-state index contributed by atoms with van der Waals surface area (Å²) < 4.78 is 4.69. The van der Waals surface area contributed by atoms with E-state index in [0.29, 0.717) is 6.61 Å².